The molecule has 1 aliphatic carbocycles. The Labute approximate surface area is 87.7 Å². The number of hydrogen-bond acceptors (Lipinski definition) is 2. The molecule has 1 fully saturated rings. The van der Waals surface area contributed by atoms with Gasteiger partial charge in [0.05, 0.1) is 0 Å². The molecule has 2 heteroatoms. The summed E-state index contributed by atoms with van der Waals surface area (Å²) in [6, 6.07) is 0. The van der Waals surface area contributed by atoms with Crippen LogP contribution in [0.2, 0.25) is 0 Å². The van der Waals surface area contributed by atoms with Crippen molar-refractivity contribution in [1.82, 2.24) is 0 Å². The van der Waals surface area contributed by atoms with Crippen molar-refractivity contribution in [3.05, 3.63) is 0 Å². The second-order valence-electron chi connectivity index (χ2n) is 4.20. The lowest BCUT2D eigenvalue weighted by molar-refractivity contribution is 0.0967. The third kappa shape index (κ3) is 5.25. The molecule has 0 aromatic carbocycles. The summed E-state index contributed by atoms with van der Waals surface area (Å²) in [5.74, 6) is 0.754. The van der Waals surface area contributed by atoms with Gasteiger partial charge in [-0.05, 0) is 25.2 Å². The minimum Gasteiger partial charge on any atom is -0.396 e. The SMILES string of the molecule is CC/C=N/OCC1CCCCCCC1. The van der Waals surface area contributed by atoms with Crippen LogP contribution in [-0.2, 0) is 4.84 Å². The lowest BCUT2D eigenvalue weighted by Crippen LogP contribution is -2.09. The minimum absolute atomic E-state index is 0.754. The molecule has 0 aliphatic heterocycles. The Morgan fingerprint density at radius 3 is 2.43 bits per heavy atom. The van der Waals surface area contributed by atoms with Gasteiger partial charge in [0.1, 0.15) is 6.61 Å². The first kappa shape index (κ1) is 11.5. The standard InChI is InChI=1S/C12H23NO/c1-2-10-13-14-11-12-8-6-4-3-5-7-9-12/h10,12H,2-9,11H2,1H3/b13-10+. The molecule has 0 radical (unpaired) electrons. The number of rotatable bonds is 4. The first-order valence-corrected chi connectivity index (χ1v) is 6.07. The summed E-state index contributed by atoms with van der Waals surface area (Å²) in [4.78, 5) is 5.28. The number of nitrogens with zero attached hydrogens (tertiary/aromatic N) is 1. The highest BCUT2D eigenvalue weighted by molar-refractivity contribution is 5.55. The lowest BCUT2D eigenvalue weighted by Gasteiger charge is -2.17. The smallest absolute Gasteiger partial charge is 0.120 e. The number of hydrogen-bond donors (Lipinski definition) is 0. The molecule has 0 heterocycles. The Bertz CT molecular complexity index is 148. The fourth-order valence-corrected chi connectivity index (χ4v) is 1.98. The summed E-state index contributed by atoms with van der Waals surface area (Å²) in [7, 11) is 0. The van der Waals surface area contributed by atoms with Crippen LogP contribution >= 0.6 is 0 Å². The molecule has 2 nitrogen and oxygen atoms in total. The van der Waals surface area contributed by atoms with Crippen LogP contribution in [0.15, 0.2) is 5.16 Å². The topological polar surface area (TPSA) is 21.6 Å². The molecule has 0 unspecified atom stereocenters. The Morgan fingerprint density at radius 2 is 1.79 bits per heavy atom. The summed E-state index contributed by atoms with van der Waals surface area (Å²) < 4.78 is 0. The van der Waals surface area contributed by atoms with Crippen molar-refractivity contribution in [2.24, 2.45) is 11.1 Å². The van der Waals surface area contributed by atoms with E-state index in [0.29, 0.717) is 0 Å². The van der Waals surface area contributed by atoms with Crippen molar-refractivity contribution in [1.29, 1.82) is 0 Å². The third-order valence-electron chi connectivity index (χ3n) is 2.87. The van der Waals surface area contributed by atoms with Gasteiger partial charge in [-0.3, -0.25) is 0 Å². The van der Waals surface area contributed by atoms with Crippen LogP contribution in [-0.4, -0.2) is 12.8 Å². The molecule has 82 valence electrons. The fraction of sp³-hybridized carbons (Fsp3) is 0.917. The maximum atomic E-state index is 5.28. The van der Waals surface area contributed by atoms with Crippen LogP contribution < -0.4 is 0 Å². The highest BCUT2D eigenvalue weighted by atomic mass is 16.6. The van der Waals surface area contributed by atoms with Gasteiger partial charge >= 0.3 is 0 Å². The van der Waals surface area contributed by atoms with Crippen LogP contribution in [0.1, 0.15) is 58.3 Å². The van der Waals surface area contributed by atoms with E-state index in [-0.39, 0.29) is 0 Å². The minimum atomic E-state index is 0.754. The highest BCUT2D eigenvalue weighted by Gasteiger charge is 2.11. The molecule has 1 saturated carbocycles. The fourth-order valence-electron chi connectivity index (χ4n) is 1.98. The molecular formula is C12H23NO. The van der Waals surface area contributed by atoms with Gasteiger partial charge in [0.25, 0.3) is 0 Å². The molecule has 0 N–H and O–H groups in total. The average molecular weight is 197 g/mol. The molecule has 1 aliphatic rings. The molecule has 1 rings (SSSR count). The van der Waals surface area contributed by atoms with Crippen molar-refractivity contribution in [3.63, 3.8) is 0 Å². The third-order valence-corrected chi connectivity index (χ3v) is 2.87. The van der Waals surface area contributed by atoms with E-state index in [0.717, 1.165) is 18.9 Å². The van der Waals surface area contributed by atoms with E-state index < -0.39 is 0 Å². The predicted molar refractivity (Wildman–Crippen MR) is 60.5 cm³/mol. The zero-order valence-corrected chi connectivity index (χ0v) is 9.37. The first-order valence-electron chi connectivity index (χ1n) is 6.07. The van der Waals surface area contributed by atoms with E-state index in [2.05, 4.69) is 12.1 Å². The average Bonchev–Trinajstić information content (AvgIpc) is 2.15. The Balaban J connectivity index is 2.10. The van der Waals surface area contributed by atoms with Crippen LogP contribution in [0, 0.1) is 5.92 Å². The van der Waals surface area contributed by atoms with Gasteiger partial charge in [-0.15, -0.1) is 0 Å². The summed E-state index contributed by atoms with van der Waals surface area (Å²) in [6.07, 6.45) is 12.5. The molecule has 0 aromatic rings. The Kier molecular flexibility index (Phi) is 6.46. The van der Waals surface area contributed by atoms with Crippen LogP contribution in [0.3, 0.4) is 0 Å². The van der Waals surface area contributed by atoms with Crippen molar-refractivity contribution < 1.29 is 4.84 Å². The highest BCUT2D eigenvalue weighted by Crippen LogP contribution is 2.22. The Morgan fingerprint density at radius 1 is 1.14 bits per heavy atom. The molecular weight excluding hydrogens is 174 g/mol. The lowest BCUT2D eigenvalue weighted by atomic mass is 9.92. The zero-order valence-electron chi connectivity index (χ0n) is 9.37. The Hall–Kier alpha value is -0.530. The number of oxime groups is 1. The zero-order chi connectivity index (χ0) is 10.1. The molecule has 0 aromatic heterocycles. The summed E-state index contributed by atoms with van der Waals surface area (Å²) in [5, 5.41) is 3.91. The molecule has 0 atom stereocenters. The van der Waals surface area contributed by atoms with Crippen molar-refractivity contribution in [3.8, 4) is 0 Å². The quantitative estimate of drug-likeness (QED) is 0.496. The molecule has 0 amide bonds. The maximum absolute atomic E-state index is 5.28. The van der Waals surface area contributed by atoms with E-state index in [1.807, 2.05) is 6.21 Å². The summed E-state index contributed by atoms with van der Waals surface area (Å²) in [6.45, 7) is 2.90. The first-order chi connectivity index (χ1) is 6.93. The van der Waals surface area contributed by atoms with E-state index in [9.17, 15) is 0 Å². The van der Waals surface area contributed by atoms with E-state index in [1.54, 1.807) is 0 Å². The second-order valence-corrected chi connectivity index (χ2v) is 4.20. The predicted octanol–water partition coefficient (Wildman–Crippen LogP) is 3.76. The van der Waals surface area contributed by atoms with Crippen LogP contribution in [0.25, 0.3) is 0 Å². The van der Waals surface area contributed by atoms with Crippen LogP contribution in [0.5, 0.6) is 0 Å². The van der Waals surface area contributed by atoms with E-state index >= 15 is 0 Å². The van der Waals surface area contributed by atoms with Gasteiger partial charge < -0.3 is 4.84 Å². The van der Waals surface area contributed by atoms with Gasteiger partial charge in [-0.1, -0.05) is 44.2 Å². The second kappa shape index (κ2) is 7.84. The molecule has 0 saturated heterocycles. The van der Waals surface area contributed by atoms with Gasteiger partial charge in [0.15, 0.2) is 0 Å². The maximum Gasteiger partial charge on any atom is 0.120 e. The van der Waals surface area contributed by atoms with Crippen molar-refractivity contribution >= 4 is 6.21 Å². The summed E-state index contributed by atoms with van der Waals surface area (Å²) in [5.41, 5.74) is 0. The largest absolute Gasteiger partial charge is 0.396 e. The van der Waals surface area contributed by atoms with Crippen LogP contribution in [0.4, 0.5) is 0 Å². The van der Waals surface area contributed by atoms with Gasteiger partial charge in [-0.25, -0.2) is 0 Å². The van der Waals surface area contributed by atoms with E-state index in [4.69, 9.17) is 4.84 Å². The van der Waals surface area contributed by atoms with Gasteiger partial charge in [0.2, 0.25) is 0 Å². The van der Waals surface area contributed by atoms with Gasteiger partial charge in [0, 0.05) is 6.21 Å². The van der Waals surface area contributed by atoms with E-state index in [1.165, 1.54) is 44.9 Å². The van der Waals surface area contributed by atoms with Crippen molar-refractivity contribution in [2.75, 3.05) is 6.61 Å². The van der Waals surface area contributed by atoms with Crippen molar-refractivity contribution in [2.45, 2.75) is 58.3 Å². The molecule has 0 bridgehead atoms. The monoisotopic (exact) mass is 197 g/mol. The van der Waals surface area contributed by atoms with Gasteiger partial charge in [-0.2, -0.15) is 0 Å². The normalized spacial score (nSPS) is 20.6. The molecule has 0 spiro atoms. The summed E-state index contributed by atoms with van der Waals surface area (Å²) >= 11 is 0. The molecule has 14 heavy (non-hydrogen) atoms.